The minimum Gasteiger partial charge on any atom is -0.397 e. The summed E-state index contributed by atoms with van der Waals surface area (Å²) in [5, 5.41) is 0.673. The molecule has 0 saturated heterocycles. The van der Waals surface area contributed by atoms with Crippen LogP contribution in [0.1, 0.15) is 0 Å². The molecule has 0 aliphatic carbocycles. The Hall–Kier alpha value is -0.910. The van der Waals surface area contributed by atoms with Crippen molar-refractivity contribution in [3.05, 3.63) is 33.8 Å². The number of hydrogen-bond acceptors (Lipinski definition) is 2. The molecule has 4 heteroatoms. The molecule has 13 heavy (non-hydrogen) atoms. The van der Waals surface area contributed by atoms with E-state index >= 15 is 0 Å². The van der Waals surface area contributed by atoms with Crippen LogP contribution in [0.25, 0.3) is 10.9 Å². The molecule has 0 amide bonds. The first-order chi connectivity index (χ1) is 6.20. The average Bonchev–Trinajstić information content (AvgIpc) is 2.12. The van der Waals surface area contributed by atoms with Gasteiger partial charge in [0.05, 0.1) is 9.26 Å². The molecule has 1 heterocycles. The zero-order valence-electron chi connectivity index (χ0n) is 6.59. The predicted molar refractivity (Wildman–Crippen MR) is 58.8 cm³/mol. The summed E-state index contributed by atoms with van der Waals surface area (Å²) in [7, 11) is 0. The van der Waals surface area contributed by atoms with E-state index in [9.17, 15) is 4.39 Å². The highest BCUT2D eigenvalue weighted by Crippen LogP contribution is 2.25. The number of pyridine rings is 1. The number of aromatic nitrogens is 1. The largest absolute Gasteiger partial charge is 0.397 e. The van der Waals surface area contributed by atoms with Crippen molar-refractivity contribution in [2.24, 2.45) is 0 Å². The summed E-state index contributed by atoms with van der Waals surface area (Å²) in [6.45, 7) is 0. The summed E-state index contributed by atoms with van der Waals surface area (Å²) in [6, 6.07) is 4.77. The number of rotatable bonds is 0. The molecule has 0 radical (unpaired) electrons. The summed E-state index contributed by atoms with van der Waals surface area (Å²) in [4.78, 5) is 3.98. The molecule has 1 aromatic heterocycles. The third kappa shape index (κ3) is 1.35. The SMILES string of the molecule is Nc1c(I)cnc2c(F)cccc12. The fourth-order valence-electron chi connectivity index (χ4n) is 1.18. The van der Waals surface area contributed by atoms with Crippen LogP contribution in [0, 0.1) is 9.39 Å². The Labute approximate surface area is 88.1 Å². The Kier molecular flexibility index (Phi) is 2.07. The standard InChI is InChI=1S/C9H6FIN2/c10-6-3-1-2-5-8(12)7(11)4-13-9(5)6/h1-4H,(H2,12,13). The number of nitrogen functional groups attached to an aromatic ring is 1. The summed E-state index contributed by atoms with van der Waals surface area (Å²) in [5.74, 6) is -0.333. The number of halogens is 2. The Morgan fingerprint density at radius 2 is 2.15 bits per heavy atom. The average molecular weight is 288 g/mol. The lowest BCUT2D eigenvalue weighted by atomic mass is 10.2. The van der Waals surface area contributed by atoms with Crippen LogP contribution < -0.4 is 5.73 Å². The third-order valence-electron chi connectivity index (χ3n) is 1.84. The minimum absolute atomic E-state index is 0.333. The van der Waals surface area contributed by atoms with Crippen molar-refractivity contribution in [2.75, 3.05) is 5.73 Å². The molecule has 0 spiro atoms. The van der Waals surface area contributed by atoms with Crippen molar-refractivity contribution in [1.29, 1.82) is 0 Å². The molecule has 1 aromatic carbocycles. The molecule has 2 rings (SSSR count). The molecular weight excluding hydrogens is 282 g/mol. The lowest BCUT2D eigenvalue weighted by Crippen LogP contribution is -1.94. The van der Waals surface area contributed by atoms with Crippen molar-refractivity contribution in [2.45, 2.75) is 0 Å². The van der Waals surface area contributed by atoms with E-state index in [1.807, 2.05) is 0 Å². The smallest absolute Gasteiger partial charge is 0.149 e. The molecular formula is C9H6FIN2. The van der Waals surface area contributed by atoms with Gasteiger partial charge in [-0.2, -0.15) is 0 Å². The first kappa shape index (κ1) is 8.68. The maximum absolute atomic E-state index is 13.2. The molecule has 2 N–H and O–H groups in total. The first-order valence-corrected chi connectivity index (χ1v) is 4.76. The van der Waals surface area contributed by atoms with E-state index in [2.05, 4.69) is 27.6 Å². The highest BCUT2D eigenvalue weighted by atomic mass is 127. The van der Waals surface area contributed by atoms with Gasteiger partial charge in [0.1, 0.15) is 11.3 Å². The van der Waals surface area contributed by atoms with Gasteiger partial charge in [-0.25, -0.2) is 4.39 Å². The maximum atomic E-state index is 13.2. The van der Waals surface area contributed by atoms with Crippen LogP contribution in [0.15, 0.2) is 24.4 Å². The summed E-state index contributed by atoms with van der Waals surface area (Å²) < 4.78 is 14.0. The Balaban J connectivity index is 2.94. The molecule has 0 saturated carbocycles. The van der Waals surface area contributed by atoms with Gasteiger partial charge in [0.25, 0.3) is 0 Å². The van der Waals surface area contributed by atoms with Crippen LogP contribution in [0.5, 0.6) is 0 Å². The molecule has 0 bridgehead atoms. The summed E-state index contributed by atoms with van der Waals surface area (Å²) >= 11 is 2.07. The van der Waals surface area contributed by atoms with Gasteiger partial charge in [-0.15, -0.1) is 0 Å². The predicted octanol–water partition coefficient (Wildman–Crippen LogP) is 2.56. The number of para-hydroxylation sites is 1. The molecule has 0 aliphatic heterocycles. The molecule has 2 nitrogen and oxygen atoms in total. The van der Waals surface area contributed by atoms with Crippen molar-refractivity contribution in [3.63, 3.8) is 0 Å². The van der Waals surface area contributed by atoms with E-state index in [1.165, 1.54) is 6.07 Å². The van der Waals surface area contributed by atoms with Crippen LogP contribution in [0.4, 0.5) is 10.1 Å². The Morgan fingerprint density at radius 3 is 2.92 bits per heavy atom. The Morgan fingerprint density at radius 1 is 1.38 bits per heavy atom. The number of anilines is 1. The van der Waals surface area contributed by atoms with Gasteiger partial charge in [0, 0.05) is 11.6 Å². The molecule has 0 atom stereocenters. The van der Waals surface area contributed by atoms with Crippen molar-refractivity contribution >= 4 is 39.2 Å². The highest BCUT2D eigenvalue weighted by Gasteiger charge is 2.06. The topological polar surface area (TPSA) is 38.9 Å². The zero-order valence-corrected chi connectivity index (χ0v) is 8.75. The number of nitrogens with zero attached hydrogens (tertiary/aromatic N) is 1. The van der Waals surface area contributed by atoms with E-state index in [0.29, 0.717) is 16.6 Å². The number of benzene rings is 1. The lowest BCUT2D eigenvalue weighted by Gasteiger charge is -2.03. The van der Waals surface area contributed by atoms with Gasteiger partial charge in [-0.05, 0) is 28.7 Å². The number of nitrogens with two attached hydrogens (primary N) is 1. The fourth-order valence-corrected chi connectivity index (χ4v) is 1.61. The monoisotopic (exact) mass is 288 g/mol. The van der Waals surface area contributed by atoms with Crippen LogP contribution in [-0.2, 0) is 0 Å². The summed E-state index contributed by atoms with van der Waals surface area (Å²) in [6.07, 6.45) is 1.57. The quantitative estimate of drug-likeness (QED) is 0.757. The second kappa shape index (κ2) is 3.10. The number of hydrogen-bond donors (Lipinski definition) is 1. The van der Waals surface area contributed by atoms with E-state index in [-0.39, 0.29) is 5.82 Å². The lowest BCUT2D eigenvalue weighted by molar-refractivity contribution is 0.637. The van der Waals surface area contributed by atoms with Crippen molar-refractivity contribution in [1.82, 2.24) is 4.98 Å². The second-order valence-corrected chi connectivity index (χ2v) is 3.82. The first-order valence-electron chi connectivity index (χ1n) is 3.68. The van der Waals surface area contributed by atoms with Gasteiger partial charge in [0.15, 0.2) is 0 Å². The van der Waals surface area contributed by atoms with Gasteiger partial charge < -0.3 is 5.73 Å². The van der Waals surface area contributed by atoms with Gasteiger partial charge in [-0.1, -0.05) is 12.1 Å². The van der Waals surface area contributed by atoms with Gasteiger partial charge >= 0.3 is 0 Å². The van der Waals surface area contributed by atoms with Crippen molar-refractivity contribution in [3.8, 4) is 0 Å². The molecule has 66 valence electrons. The minimum atomic E-state index is -0.333. The molecule has 0 fully saturated rings. The van der Waals surface area contributed by atoms with Gasteiger partial charge in [0.2, 0.25) is 0 Å². The molecule has 2 aromatic rings. The third-order valence-corrected chi connectivity index (χ3v) is 2.70. The second-order valence-electron chi connectivity index (χ2n) is 2.66. The van der Waals surface area contributed by atoms with Crippen LogP contribution in [0.2, 0.25) is 0 Å². The Bertz CT molecular complexity index is 470. The van der Waals surface area contributed by atoms with Crippen LogP contribution >= 0.6 is 22.6 Å². The number of fused-ring (bicyclic) bond motifs is 1. The van der Waals surface area contributed by atoms with E-state index in [0.717, 1.165) is 3.57 Å². The van der Waals surface area contributed by atoms with E-state index in [1.54, 1.807) is 18.3 Å². The van der Waals surface area contributed by atoms with E-state index < -0.39 is 0 Å². The normalized spacial score (nSPS) is 10.6. The highest BCUT2D eigenvalue weighted by molar-refractivity contribution is 14.1. The fraction of sp³-hybridized carbons (Fsp3) is 0. The van der Waals surface area contributed by atoms with E-state index in [4.69, 9.17) is 5.73 Å². The van der Waals surface area contributed by atoms with Crippen LogP contribution in [-0.4, -0.2) is 4.98 Å². The molecule has 0 aliphatic rings. The maximum Gasteiger partial charge on any atom is 0.149 e. The summed E-state index contributed by atoms with van der Waals surface area (Å²) in [5.41, 5.74) is 6.69. The van der Waals surface area contributed by atoms with Crippen LogP contribution in [0.3, 0.4) is 0 Å². The van der Waals surface area contributed by atoms with Crippen molar-refractivity contribution < 1.29 is 4.39 Å². The zero-order chi connectivity index (χ0) is 9.42. The van der Waals surface area contributed by atoms with Gasteiger partial charge in [-0.3, -0.25) is 4.98 Å². The molecule has 0 unspecified atom stereocenters.